The molecular formula is C16H26ClN3O. The van der Waals surface area contributed by atoms with Gasteiger partial charge < -0.3 is 10.8 Å². The first-order chi connectivity index (χ1) is 10.1. The molecule has 1 aromatic rings. The molecule has 3 N–H and O–H groups in total. The molecule has 1 saturated heterocycles. The molecule has 4 nitrogen and oxygen atoms in total. The maximum absolute atomic E-state index is 9.09. The summed E-state index contributed by atoms with van der Waals surface area (Å²) >= 11 is 6.13. The van der Waals surface area contributed by atoms with E-state index in [0.717, 1.165) is 44.2 Å². The number of aliphatic hydroxyl groups excluding tert-OH is 1. The van der Waals surface area contributed by atoms with E-state index in [0.29, 0.717) is 0 Å². The molecule has 1 aliphatic rings. The fraction of sp³-hybridized carbons (Fsp3) is 0.625. The van der Waals surface area contributed by atoms with Crippen LogP contribution in [0, 0.1) is 0 Å². The van der Waals surface area contributed by atoms with Crippen molar-refractivity contribution < 1.29 is 5.11 Å². The second kappa shape index (κ2) is 8.11. The van der Waals surface area contributed by atoms with Crippen molar-refractivity contribution in [3.05, 3.63) is 34.9 Å². The van der Waals surface area contributed by atoms with E-state index in [4.69, 9.17) is 22.4 Å². The van der Waals surface area contributed by atoms with Gasteiger partial charge in [-0.15, -0.1) is 0 Å². The number of hydrogen-bond acceptors (Lipinski definition) is 4. The Hall–Kier alpha value is -0.650. The predicted molar refractivity (Wildman–Crippen MR) is 87.6 cm³/mol. The summed E-state index contributed by atoms with van der Waals surface area (Å²) in [5, 5.41) is 9.85. The molecule has 0 aliphatic carbocycles. The molecule has 0 aromatic heterocycles. The normalized spacial score (nSPS) is 21.0. The Labute approximate surface area is 132 Å². The summed E-state index contributed by atoms with van der Waals surface area (Å²) in [5.74, 6) is 0. The Morgan fingerprint density at radius 1 is 1.29 bits per heavy atom. The zero-order valence-corrected chi connectivity index (χ0v) is 13.5. The molecule has 0 spiro atoms. The lowest BCUT2D eigenvalue weighted by Crippen LogP contribution is -2.41. The molecule has 118 valence electrons. The zero-order chi connectivity index (χ0) is 15.2. The molecule has 1 heterocycles. The summed E-state index contributed by atoms with van der Waals surface area (Å²) < 4.78 is 0. The van der Waals surface area contributed by atoms with Crippen molar-refractivity contribution in [3.63, 3.8) is 0 Å². The van der Waals surface area contributed by atoms with Crippen molar-refractivity contribution in [2.45, 2.75) is 25.4 Å². The van der Waals surface area contributed by atoms with E-state index in [2.05, 4.69) is 22.8 Å². The minimum Gasteiger partial charge on any atom is -0.395 e. The SMILES string of the molecule is CC(N)C(c1cccc(Cl)c1)N1CCCN(CCO)CC1. The molecule has 0 amide bonds. The van der Waals surface area contributed by atoms with Gasteiger partial charge in [0.25, 0.3) is 0 Å². The Morgan fingerprint density at radius 3 is 2.76 bits per heavy atom. The van der Waals surface area contributed by atoms with Crippen LogP contribution < -0.4 is 5.73 Å². The lowest BCUT2D eigenvalue weighted by Gasteiger charge is -2.34. The highest BCUT2D eigenvalue weighted by atomic mass is 35.5. The van der Waals surface area contributed by atoms with Crippen molar-refractivity contribution in [1.29, 1.82) is 0 Å². The van der Waals surface area contributed by atoms with Gasteiger partial charge in [0.1, 0.15) is 0 Å². The van der Waals surface area contributed by atoms with Crippen LogP contribution in [-0.2, 0) is 0 Å². The number of nitrogens with two attached hydrogens (primary N) is 1. The topological polar surface area (TPSA) is 52.7 Å². The molecule has 2 rings (SSSR count). The molecular weight excluding hydrogens is 286 g/mol. The molecule has 2 unspecified atom stereocenters. The summed E-state index contributed by atoms with van der Waals surface area (Å²) in [6.07, 6.45) is 1.10. The highest BCUT2D eigenvalue weighted by Gasteiger charge is 2.26. The summed E-state index contributed by atoms with van der Waals surface area (Å²) in [6.45, 7) is 7.06. The molecule has 1 fully saturated rings. The van der Waals surface area contributed by atoms with Crippen molar-refractivity contribution in [2.75, 3.05) is 39.3 Å². The Balaban J connectivity index is 2.11. The standard InChI is InChI=1S/C16H26ClN3O/c1-13(18)16(14-4-2-5-15(17)12-14)20-7-3-6-19(8-9-20)10-11-21/h2,4-5,12-13,16,21H,3,6-11,18H2,1H3. The number of halogens is 1. The van der Waals surface area contributed by atoms with E-state index in [-0.39, 0.29) is 18.7 Å². The third kappa shape index (κ3) is 4.66. The van der Waals surface area contributed by atoms with Crippen molar-refractivity contribution in [2.24, 2.45) is 5.73 Å². The van der Waals surface area contributed by atoms with Crippen LogP contribution in [0.4, 0.5) is 0 Å². The van der Waals surface area contributed by atoms with E-state index in [9.17, 15) is 0 Å². The van der Waals surface area contributed by atoms with Gasteiger partial charge in [0.15, 0.2) is 0 Å². The zero-order valence-electron chi connectivity index (χ0n) is 12.7. The summed E-state index contributed by atoms with van der Waals surface area (Å²) in [5.41, 5.74) is 7.44. The van der Waals surface area contributed by atoms with Crippen LogP contribution in [0.25, 0.3) is 0 Å². The van der Waals surface area contributed by atoms with E-state index in [1.54, 1.807) is 0 Å². The van der Waals surface area contributed by atoms with Gasteiger partial charge >= 0.3 is 0 Å². The number of β-amino-alcohol motifs (C(OH)–C–C–N with tert-alkyl or cyclic N) is 1. The van der Waals surface area contributed by atoms with Crippen LogP contribution in [0.1, 0.15) is 24.9 Å². The van der Waals surface area contributed by atoms with Gasteiger partial charge in [-0.25, -0.2) is 0 Å². The number of aliphatic hydroxyl groups is 1. The van der Waals surface area contributed by atoms with Gasteiger partial charge in [0, 0.05) is 43.3 Å². The smallest absolute Gasteiger partial charge is 0.0558 e. The summed E-state index contributed by atoms with van der Waals surface area (Å²) in [4.78, 5) is 4.77. The molecule has 2 atom stereocenters. The number of rotatable bonds is 5. The predicted octanol–water partition coefficient (Wildman–Crippen LogP) is 1.73. The number of hydrogen-bond donors (Lipinski definition) is 2. The quantitative estimate of drug-likeness (QED) is 0.869. The Kier molecular flexibility index (Phi) is 6.45. The number of benzene rings is 1. The highest BCUT2D eigenvalue weighted by molar-refractivity contribution is 6.30. The number of nitrogens with zero attached hydrogens (tertiary/aromatic N) is 2. The van der Waals surface area contributed by atoms with Crippen LogP contribution in [0.3, 0.4) is 0 Å². The molecule has 1 aromatic carbocycles. The van der Waals surface area contributed by atoms with Crippen LogP contribution in [0.5, 0.6) is 0 Å². The van der Waals surface area contributed by atoms with E-state index < -0.39 is 0 Å². The first kappa shape index (κ1) is 16.7. The average Bonchev–Trinajstić information content (AvgIpc) is 2.65. The largest absolute Gasteiger partial charge is 0.395 e. The third-order valence-corrected chi connectivity index (χ3v) is 4.36. The lowest BCUT2D eigenvalue weighted by atomic mass is 9.99. The molecule has 0 radical (unpaired) electrons. The van der Waals surface area contributed by atoms with Gasteiger partial charge in [0.05, 0.1) is 6.61 Å². The van der Waals surface area contributed by atoms with Crippen LogP contribution in [0.15, 0.2) is 24.3 Å². The average molecular weight is 312 g/mol. The second-order valence-electron chi connectivity index (χ2n) is 5.81. The fourth-order valence-electron chi connectivity index (χ4n) is 3.17. The van der Waals surface area contributed by atoms with Crippen molar-refractivity contribution in [1.82, 2.24) is 9.80 Å². The minimum atomic E-state index is 0.0489. The molecule has 0 saturated carbocycles. The molecule has 5 heteroatoms. The van der Waals surface area contributed by atoms with Crippen LogP contribution >= 0.6 is 11.6 Å². The second-order valence-corrected chi connectivity index (χ2v) is 6.25. The van der Waals surface area contributed by atoms with Gasteiger partial charge in [-0.1, -0.05) is 23.7 Å². The summed E-state index contributed by atoms with van der Waals surface area (Å²) in [7, 11) is 0. The van der Waals surface area contributed by atoms with Crippen LogP contribution in [-0.4, -0.2) is 60.3 Å². The minimum absolute atomic E-state index is 0.0489. The van der Waals surface area contributed by atoms with Gasteiger partial charge in [-0.05, 0) is 37.6 Å². The van der Waals surface area contributed by atoms with Crippen LogP contribution in [0.2, 0.25) is 5.02 Å². The van der Waals surface area contributed by atoms with E-state index in [1.165, 1.54) is 5.56 Å². The van der Waals surface area contributed by atoms with Crippen molar-refractivity contribution >= 4 is 11.6 Å². The summed E-state index contributed by atoms with van der Waals surface area (Å²) in [6, 6.07) is 8.26. The Morgan fingerprint density at radius 2 is 2.10 bits per heavy atom. The van der Waals surface area contributed by atoms with Gasteiger partial charge in [0.2, 0.25) is 0 Å². The fourth-order valence-corrected chi connectivity index (χ4v) is 3.37. The molecule has 0 bridgehead atoms. The van der Waals surface area contributed by atoms with Gasteiger partial charge in [-0.3, -0.25) is 9.80 Å². The van der Waals surface area contributed by atoms with E-state index >= 15 is 0 Å². The first-order valence-corrected chi connectivity index (χ1v) is 8.08. The molecule has 1 aliphatic heterocycles. The Bertz CT molecular complexity index is 441. The van der Waals surface area contributed by atoms with E-state index in [1.807, 2.05) is 18.2 Å². The third-order valence-electron chi connectivity index (χ3n) is 4.12. The highest BCUT2D eigenvalue weighted by Crippen LogP contribution is 2.26. The lowest BCUT2D eigenvalue weighted by molar-refractivity contribution is 0.169. The maximum atomic E-state index is 9.09. The monoisotopic (exact) mass is 311 g/mol. The van der Waals surface area contributed by atoms with Gasteiger partial charge in [-0.2, -0.15) is 0 Å². The first-order valence-electron chi connectivity index (χ1n) is 7.70. The van der Waals surface area contributed by atoms with Crippen molar-refractivity contribution in [3.8, 4) is 0 Å². The molecule has 21 heavy (non-hydrogen) atoms. The maximum Gasteiger partial charge on any atom is 0.0558 e.